The lowest BCUT2D eigenvalue weighted by molar-refractivity contribution is 0.274. The average molecular weight is 195 g/mol. The topological polar surface area (TPSA) is 3.24 Å². The van der Waals surface area contributed by atoms with Gasteiger partial charge in [-0.1, -0.05) is 13.8 Å². The maximum atomic E-state index is 2.55. The number of likely N-dealkylation sites (tertiary alicyclic amines) is 1. The molecule has 0 aromatic rings. The molecule has 0 aromatic heterocycles. The molecule has 1 heteroatoms. The van der Waals surface area contributed by atoms with E-state index in [0.717, 1.165) is 23.7 Å². The fourth-order valence-electron chi connectivity index (χ4n) is 3.50. The molecule has 3 atom stereocenters. The molecule has 3 unspecified atom stereocenters. The van der Waals surface area contributed by atoms with Crippen LogP contribution in [0.5, 0.6) is 0 Å². The van der Waals surface area contributed by atoms with Gasteiger partial charge in [0, 0.05) is 6.54 Å². The molecule has 2 rings (SSSR count). The molecule has 1 saturated heterocycles. The van der Waals surface area contributed by atoms with Gasteiger partial charge in [-0.05, 0) is 62.9 Å². The molecule has 0 spiro atoms. The molecule has 0 amide bonds. The van der Waals surface area contributed by atoms with Crippen LogP contribution in [0.4, 0.5) is 0 Å². The van der Waals surface area contributed by atoms with E-state index in [1.54, 1.807) is 0 Å². The zero-order valence-corrected chi connectivity index (χ0v) is 10.00. The van der Waals surface area contributed by atoms with Crippen molar-refractivity contribution in [1.82, 2.24) is 4.90 Å². The van der Waals surface area contributed by atoms with Crippen LogP contribution in [-0.2, 0) is 0 Å². The summed E-state index contributed by atoms with van der Waals surface area (Å²) in [5, 5.41) is 0. The predicted molar refractivity (Wildman–Crippen MR) is 61.3 cm³/mol. The molecule has 82 valence electrons. The second kappa shape index (κ2) is 4.22. The smallest absolute Gasteiger partial charge is 0.000936 e. The summed E-state index contributed by atoms with van der Waals surface area (Å²) < 4.78 is 0. The van der Waals surface area contributed by atoms with Crippen LogP contribution in [0.2, 0.25) is 0 Å². The van der Waals surface area contributed by atoms with Gasteiger partial charge >= 0.3 is 0 Å². The van der Waals surface area contributed by atoms with Gasteiger partial charge in [0.15, 0.2) is 0 Å². The van der Waals surface area contributed by atoms with E-state index >= 15 is 0 Å². The molecule has 1 heterocycles. The summed E-state index contributed by atoms with van der Waals surface area (Å²) in [7, 11) is 2.30. The number of hydrogen-bond acceptors (Lipinski definition) is 1. The Labute approximate surface area is 88.9 Å². The van der Waals surface area contributed by atoms with Gasteiger partial charge in [-0.3, -0.25) is 0 Å². The molecule has 0 bridgehead atoms. The SMILES string of the molecule is CC(C)C1CC2CCCN(C)CC2C1. The normalized spacial score (nSPS) is 39.9. The Morgan fingerprint density at radius 2 is 1.86 bits per heavy atom. The third-order valence-electron chi connectivity index (χ3n) is 4.48. The lowest BCUT2D eigenvalue weighted by atomic mass is 9.92. The largest absolute Gasteiger partial charge is 0.306 e. The summed E-state index contributed by atoms with van der Waals surface area (Å²) in [6.45, 7) is 7.51. The number of fused-ring (bicyclic) bond motifs is 1. The Kier molecular flexibility index (Phi) is 3.16. The lowest BCUT2D eigenvalue weighted by Crippen LogP contribution is -2.24. The van der Waals surface area contributed by atoms with Crippen molar-refractivity contribution in [2.45, 2.75) is 39.5 Å². The minimum atomic E-state index is 0.909. The van der Waals surface area contributed by atoms with Gasteiger partial charge < -0.3 is 4.90 Å². The maximum Gasteiger partial charge on any atom is 0.000936 e. The van der Waals surface area contributed by atoms with E-state index in [9.17, 15) is 0 Å². The summed E-state index contributed by atoms with van der Waals surface area (Å²) >= 11 is 0. The van der Waals surface area contributed by atoms with Crippen molar-refractivity contribution >= 4 is 0 Å². The van der Waals surface area contributed by atoms with Gasteiger partial charge in [-0.25, -0.2) is 0 Å². The van der Waals surface area contributed by atoms with E-state index in [1.165, 1.54) is 38.8 Å². The van der Waals surface area contributed by atoms with Crippen molar-refractivity contribution in [3.63, 3.8) is 0 Å². The average Bonchev–Trinajstić information content (AvgIpc) is 2.42. The second-order valence-corrected chi connectivity index (χ2v) is 5.90. The predicted octanol–water partition coefficient (Wildman–Crippen LogP) is 3.01. The van der Waals surface area contributed by atoms with Crippen molar-refractivity contribution in [3.05, 3.63) is 0 Å². The molecule has 0 aromatic carbocycles. The quantitative estimate of drug-likeness (QED) is 0.621. The van der Waals surface area contributed by atoms with Gasteiger partial charge in [0.2, 0.25) is 0 Å². The summed E-state index contributed by atoms with van der Waals surface area (Å²) in [6, 6.07) is 0. The standard InChI is InChI=1S/C13H25N/c1-10(2)12-7-11-5-4-6-14(3)9-13(11)8-12/h10-13H,4-9H2,1-3H3. The molecule has 1 saturated carbocycles. The summed E-state index contributed by atoms with van der Waals surface area (Å²) in [4.78, 5) is 2.55. The molecule has 2 aliphatic rings. The number of hydrogen-bond donors (Lipinski definition) is 0. The molecule has 14 heavy (non-hydrogen) atoms. The molecule has 1 nitrogen and oxygen atoms in total. The van der Waals surface area contributed by atoms with Crippen molar-refractivity contribution in [2.75, 3.05) is 20.1 Å². The Morgan fingerprint density at radius 3 is 2.57 bits per heavy atom. The van der Waals surface area contributed by atoms with Gasteiger partial charge in [-0.15, -0.1) is 0 Å². The van der Waals surface area contributed by atoms with Crippen LogP contribution in [0, 0.1) is 23.7 Å². The molecule has 1 aliphatic heterocycles. The van der Waals surface area contributed by atoms with Crippen LogP contribution in [0.15, 0.2) is 0 Å². The first-order valence-corrected chi connectivity index (χ1v) is 6.35. The fraction of sp³-hybridized carbons (Fsp3) is 1.00. The van der Waals surface area contributed by atoms with Gasteiger partial charge in [0.05, 0.1) is 0 Å². The highest BCUT2D eigenvalue weighted by atomic mass is 15.1. The summed E-state index contributed by atoms with van der Waals surface area (Å²) in [6.07, 6.45) is 5.96. The first-order chi connectivity index (χ1) is 6.66. The van der Waals surface area contributed by atoms with Crippen LogP contribution in [0.3, 0.4) is 0 Å². The Balaban J connectivity index is 1.96. The van der Waals surface area contributed by atoms with Crippen LogP contribution >= 0.6 is 0 Å². The highest BCUT2D eigenvalue weighted by molar-refractivity contribution is 4.87. The molecule has 2 fully saturated rings. The molecule has 0 N–H and O–H groups in total. The molecular formula is C13H25N. The van der Waals surface area contributed by atoms with Crippen LogP contribution in [0.25, 0.3) is 0 Å². The summed E-state index contributed by atoms with van der Waals surface area (Å²) in [5.41, 5.74) is 0. The minimum Gasteiger partial charge on any atom is -0.306 e. The first-order valence-electron chi connectivity index (χ1n) is 6.35. The van der Waals surface area contributed by atoms with Crippen molar-refractivity contribution in [1.29, 1.82) is 0 Å². The minimum absolute atomic E-state index is 0.909. The van der Waals surface area contributed by atoms with Crippen molar-refractivity contribution in [2.24, 2.45) is 23.7 Å². The molecular weight excluding hydrogens is 170 g/mol. The van der Waals surface area contributed by atoms with E-state index < -0.39 is 0 Å². The third-order valence-corrected chi connectivity index (χ3v) is 4.48. The zero-order chi connectivity index (χ0) is 10.1. The van der Waals surface area contributed by atoms with Gasteiger partial charge in [-0.2, -0.15) is 0 Å². The highest BCUT2D eigenvalue weighted by Gasteiger charge is 2.36. The molecule has 1 aliphatic carbocycles. The second-order valence-electron chi connectivity index (χ2n) is 5.90. The maximum absolute atomic E-state index is 2.55. The van der Waals surface area contributed by atoms with Crippen molar-refractivity contribution in [3.8, 4) is 0 Å². The van der Waals surface area contributed by atoms with Crippen LogP contribution < -0.4 is 0 Å². The lowest BCUT2D eigenvalue weighted by Gasteiger charge is -2.20. The van der Waals surface area contributed by atoms with E-state index in [1.807, 2.05) is 0 Å². The Hall–Kier alpha value is -0.0400. The number of rotatable bonds is 1. The third kappa shape index (κ3) is 2.13. The zero-order valence-electron chi connectivity index (χ0n) is 10.00. The van der Waals surface area contributed by atoms with E-state index in [2.05, 4.69) is 25.8 Å². The monoisotopic (exact) mass is 195 g/mol. The Morgan fingerprint density at radius 1 is 1.14 bits per heavy atom. The number of nitrogens with zero attached hydrogens (tertiary/aromatic N) is 1. The molecule has 0 radical (unpaired) electrons. The van der Waals surface area contributed by atoms with E-state index in [4.69, 9.17) is 0 Å². The van der Waals surface area contributed by atoms with E-state index in [0.29, 0.717) is 0 Å². The van der Waals surface area contributed by atoms with Gasteiger partial charge in [0.1, 0.15) is 0 Å². The Bertz CT molecular complexity index is 188. The highest BCUT2D eigenvalue weighted by Crippen LogP contribution is 2.43. The summed E-state index contributed by atoms with van der Waals surface area (Å²) in [5.74, 6) is 4.02. The van der Waals surface area contributed by atoms with Crippen LogP contribution in [0.1, 0.15) is 39.5 Å². The van der Waals surface area contributed by atoms with Crippen molar-refractivity contribution < 1.29 is 0 Å². The first kappa shape index (κ1) is 10.5. The van der Waals surface area contributed by atoms with Crippen LogP contribution in [-0.4, -0.2) is 25.0 Å². The van der Waals surface area contributed by atoms with E-state index in [-0.39, 0.29) is 0 Å². The van der Waals surface area contributed by atoms with Gasteiger partial charge in [0.25, 0.3) is 0 Å². The fourth-order valence-corrected chi connectivity index (χ4v) is 3.50.